The Balaban J connectivity index is 2.18. The third-order valence-electron chi connectivity index (χ3n) is 3.13. The molecule has 0 fully saturated rings. The van der Waals surface area contributed by atoms with E-state index in [9.17, 15) is 17.6 Å². The molecule has 0 aliphatic rings. The molecule has 23 heavy (non-hydrogen) atoms. The van der Waals surface area contributed by atoms with E-state index in [1.165, 1.54) is 37.4 Å². The van der Waals surface area contributed by atoms with Gasteiger partial charge in [-0.25, -0.2) is 17.5 Å². The molecule has 0 aliphatic carbocycles. The van der Waals surface area contributed by atoms with E-state index in [-0.39, 0.29) is 27.8 Å². The van der Waals surface area contributed by atoms with E-state index in [4.69, 9.17) is 11.6 Å². The number of hydrogen-bond donors (Lipinski definition) is 2. The van der Waals surface area contributed by atoms with Gasteiger partial charge in [0.25, 0.3) is 5.91 Å². The summed E-state index contributed by atoms with van der Waals surface area (Å²) in [5.74, 6) is -0.888. The molecule has 8 heteroatoms. The molecular formula is C15H14ClFN2O3S. The lowest BCUT2D eigenvalue weighted by Crippen LogP contribution is -2.24. The van der Waals surface area contributed by atoms with Gasteiger partial charge in [-0.05, 0) is 42.9 Å². The van der Waals surface area contributed by atoms with Crippen molar-refractivity contribution in [1.82, 2.24) is 10.0 Å². The number of amides is 1. The molecule has 2 rings (SSSR count). The molecule has 122 valence electrons. The first-order chi connectivity index (χ1) is 10.8. The van der Waals surface area contributed by atoms with Gasteiger partial charge in [0.1, 0.15) is 5.82 Å². The average Bonchev–Trinajstić information content (AvgIpc) is 2.54. The largest absolute Gasteiger partial charge is 0.348 e. The number of sulfonamides is 1. The van der Waals surface area contributed by atoms with Crippen molar-refractivity contribution in [3.8, 4) is 0 Å². The van der Waals surface area contributed by atoms with Gasteiger partial charge in [-0.15, -0.1) is 0 Å². The van der Waals surface area contributed by atoms with Crippen LogP contribution in [0.15, 0.2) is 47.4 Å². The Morgan fingerprint density at radius 3 is 2.43 bits per heavy atom. The third-order valence-corrected chi connectivity index (χ3v) is 4.87. The van der Waals surface area contributed by atoms with Gasteiger partial charge in [0.2, 0.25) is 10.0 Å². The first kappa shape index (κ1) is 17.4. The van der Waals surface area contributed by atoms with Crippen molar-refractivity contribution in [2.75, 3.05) is 7.05 Å². The first-order valence-corrected chi connectivity index (χ1v) is 8.45. The van der Waals surface area contributed by atoms with Crippen LogP contribution < -0.4 is 10.0 Å². The van der Waals surface area contributed by atoms with E-state index in [1.54, 1.807) is 12.1 Å². The Kier molecular flexibility index (Phi) is 5.35. The fraction of sp³-hybridized carbons (Fsp3) is 0.133. The highest BCUT2D eigenvalue weighted by molar-refractivity contribution is 7.89. The summed E-state index contributed by atoms with van der Waals surface area (Å²) in [4.78, 5) is 12.1. The Bertz CT molecular complexity index is 823. The second kappa shape index (κ2) is 7.08. The smallest absolute Gasteiger partial charge is 0.253 e. The molecule has 0 aromatic heterocycles. The Morgan fingerprint density at radius 2 is 1.83 bits per heavy atom. The number of rotatable bonds is 5. The predicted molar refractivity (Wildman–Crippen MR) is 85.3 cm³/mol. The van der Waals surface area contributed by atoms with E-state index in [2.05, 4.69) is 10.0 Å². The number of halogens is 2. The van der Waals surface area contributed by atoms with Crippen LogP contribution in [0, 0.1) is 5.82 Å². The second-order valence-electron chi connectivity index (χ2n) is 4.66. The summed E-state index contributed by atoms with van der Waals surface area (Å²) in [6.45, 7) is 0.165. The van der Waals surface area contributed by atoms with Crippen molar-refractivity contribution in [3.05, 3.63) is 64.4 Å². The lowest BCUT2D eigenvalue weighted by atomic mass is 10.2. The zero-order valence-electron chi connectivity index (χ0n) is 12.1. The van der Waals surface area contributed by atoms with Crippen molar-refractivity contribution >= 4 is 27.5 Å². The lowest BCUT2D eigenvalue weighted by molar-refractivity contribution is 0.0951. The number of nitrogens with one attached hydrogen (secondary N) is 2. The molecule has 1 amide bonds. The van der Waals surface area contributed by atoms with Gasteiger partial charge in [-0.1, -0.05) is 23.7 Å². The Morgan fingerprint density at radius 1 is 1.17 bits per heavy atom. The van der Waals surface area contributed by atoms with Crippen LogP contribution >= 0.6 is 11.6 Å². The number of carbonyl (C=O) groups is 1. The van der Waals surface area contributed by atoms with Crippen LogP contribution in [0.3, 0.4) is 0 Å². The van der Waals surface area contributed by atoms with Gasteiger partial charge in [0.15, 0.2) is 0 Å². The molecule has 2 aromatic rings. The first-order valence-electron chi connectivity index (χ1n) is 6.59. The van der Waals surface area contributed by atoms with E-state index in [0.29, 0.717) is 5.56 Å². The summed E-state index contributed by atoms with van der Waals surface area (Å²) in [5, 5.41) is 2.75. The Hall–Kier alpha value is -1.96. The molecular weight excluding hydrogens is 343 g/mol. The summed E-state index contributed by atoms with van der Waals surface area (Å²) < 4.78 is 38.5. The molecule has 0 atom stereocenters. The highest BCUT2D eigenvalue weighted by Gasteiger charge is 2.17. The summed E-state index contributed by atoms with van der Waals surface area (Å²) in [6, 6.07) is 9.51. The van der Waals surface area contributed by atoms with Crippen LogP contribution in [0.5, 0.6) is 0 Å². The lowest BCUT2D eigenvalue weighted by Gasteiger charge is -2.09. The van der Waals surface area contributed by atoms with E-state index in [0.717, 1.165) is 0 Å². The molecule has 0 saturated carbocycles. The van der Waals surface area contributed by atoms with Crippen molar-refractivity contribution in [3.63, 3.8) is 0 Å². The zero-order valence-corrected chi connectivity index (χ0v) is 13.7. The second-order valence-corrected chi connectivity index (χ2v) is 6.95. The van der Waals surface area contributed by atoms with Crippen LogP contribution in [0.4, 0.5) is 4.39 Å². The van der Waals surface area contributed by atoms with Gasteiger partial charge >= 0.3 is 0 Å². The van der Waals surface area contributed by atoms with Gasteiger partial charge < -0.3 is 5.32 Å². The fourth-order valence-corrected chi connectivity index (χ4v) is 2.80. The topological polar surface area (TPSA) is 75.3 Å². The maximum atomic E-state index is 12.8. The summed E-state index contributed by atoms with van der Waals surface area (Å²) >= 11 is 5.96. The van der Waals surface area contributed by atoms with E-state index < -0.39 is 15.9 Å². The number of benzene rings is 2. The monoisotopic (exact) mass is 356 g/mol. The third kappa shape index (κ3) is 4.28. The molecule has 0 radical (unpaired) electrons. The summed E-state index contributed by atoms with van der Waals surface area (Å²) in [5.41, 5.74) is 0.750. The number of hydrogen-bond acceptors (Lipinski definition) is 3. The molecule has 0 saturated heterocycles. The van der Waals surface area contributed by atoms with Gasteiger partial charge in [-0.2, -0.15) is 0 Å². The van der Waals surface area contributed by atoms with Crippen molar-refractivity contribution in [1.29, 1.82) is 0 Å². The minimum absolute atomic E-state index is 0.0464. The molecule has 0 bridgehead atoms. The molecule has 0 aliphatic heterocycles. The van der Waals surface area contributed by atoms with E-state index in [1.807, 2.05) is 0 Å². The predicted octanol–water partition coefficient (Wildman–Crippen LogP) is 2.32. The normalized spacial score (nSPS) is 11.3. The van der Waals surface area contributed by atoms with Gasteiger partial charge in [0.05, 0.1) is 15.5 Å². The summed E-state index contributed by atoms with van der Waals surface area (Å²) in [6.07, 6.45) is 0. The minimum Gasteiger partial charge on any atom is -0.348 e. The average molecular weight is 357 g/mol. The van der Waals surface area contributed by atoms with Gasteiger partial charge in [0, 0.05) is 6.54 Å². The van der Waals surface area contributed by atoms with Crippen LogP contribution in [0.1, 0.15) is 15.9 Å². The van der Waals surface area contributed by atoms with E-state index >= 15 is 0 Å². The highest BCUT2D eigenvalue weighted by Crippen LogP contribution is 2.20. The molecule has 2 N–H and O–H groups in total. The Labute approximate surface area is 138 Å². The quantitative estimate of drug-likeness (QED) is 0.863. The van der Waals surface area contributed by atoms with Crippen molar-refractivity contribution in [2.24, 2.45) is 0 Å². The molecule has 0 unspecified atom stereocenters. The SMILES string of the molecule is CNS(=O)(=O)c1ccc(Cl)c(C(=O)NCc2ccc(F)cc2)c1. The standard InChI is InChI=1S/C15H14ClFN2O3S/c1-18-23(21,22)12-6-7-14(16)13(8-12)15(20)19-9-10-2-4-11(17)5-3-10/h2-8,18H,9H2,1H3,(H,19,20). The zero-order chi connectivity index (χ0) is 17.0. The highest BCUT2D eigenvalue weighted by atomic mass is 35.5. The minimum atomic E-state index is -3.67. The number of carbonyl (C=O) groups excluding carboxylic acids is 1. The summed E-state index contributed by atoms with van der Waals surface area (Å²) in [7, 11) is -2.40. The fourth-order valence-electron chi connectivity index (χ4n) is 1.84. The maximum Gasteiger partial charge on any atom is 0.253 e. The van der Waals surface area contributed by atoms with Crippen molar-refractivity contribution < 1.29 is 17.6 Å². The maximum absolute atomic E-state index is 12.8. The van der Waals surface area contributed by atoms with Gasteiger partial charge in [-0.3, -0.25) is 4.79 Å². The van der Waals surface area contributed by atoms with Crippen LogP contribution in [-0.4, -0.2) is 21.4 Å². The van der Waals surface area contributed by atoms with Crippen LogP contribution in [0.2, 0.25) is 5.02 Å². The molecule has 0 heterocycles. The molecule has 5 nitrogen and oxygen atoms in total. The van der Waals surface area contributed by atoms with Crippen LogP contribution in [0.25, 0.3) is 0 Å². The molecule has 2 aromatic carbocycles. The van der Waals surface area contributed by atoms with Crippen LogP contribution in [-0.2, 0) is 16.6 Å². The molecule has 0 spiro atoms. The van der Waals surface area contributed by atoms with Crippen molar-refractivity contribution in [2.45, 2.75) is 11.4 Å².